The summed E-state index contributed by atoms with van der Waals surface area (Å²) in [6.07, 6.45) is 6.60. The van der Waals surface area contributed by atoms with Gasteiger partial charge in [-0.25, -0.2) is 9.67 Å². The lowest BCUT2D eigenvalue weighted by molar-refractivity contribution is 0.782. The molecule has 3 rings (SSSR count). The lowest BCUT2D eigenvalue weighted by Crippen LogP contribution is -2.23. The average molecular weight is 229 g/mol. The highest BCUT2D eigenvalue weighted by Crippen LogP contribution is 2.18. The lowest BCUT2D eigenvalue weighted by atomic mass is 10.2. The number of pyridine rings is 1. The Labute approximate surface area is 99.9 Å². The van der Waals surface area contributed by atoms with Crippen molar-refractivity contribution in [3.05, 3.63) is 36.8 Å². The fraction of sp³-hybridized carbons (Fsp3) is 0.333. The molecular weight excluding hydrogens is 214 g/mol. The van der Waals surface area contributed by atoms with Crippen molar-refractivity contribution in [3.8, 4) is 5.82 Å². The van der Waals surface area contributed by atoms with Crippen LogP contribution in [0.2, 0.25) is 0 Å². The first-order chi connectivity index (χ1) is 8.43. The summed E-state index contributed by atoms with van der Waals surface area (Å²) in [4.78, 5) is 4.38. The van der Waals surface area contributed by atoms with Gasteiger partial charge >= 0.3 is 0 Å². The van der Waals surface area contributed by atoms with Crippen LogP contribution in [0.25, 0.3) is 5.82 Å². The molecule has 3 heterocycles. The van der Waals surface area contributed by atoms with E-state index in [1.54, 1.807) is 17.1 Å². The number of nitrogens with zero attached hydrogens (tertiary/aromatic N) is 3. The first kappa shape index (κ1) is 10.3. The minimum atomic E-state index is 0.480. The van der Waals surface area contributed by atoms with Gasteiger partial charge in [0.25, 0.3) is 0 Å². The molecule has 2 N–H and O–H groups in total. The molecule has 2 aromatic heterocycles. The van der Waals surface area contributed by atoms with Crippen LogP contribution >= 0.6 is 0 Å². The molecule has 1 saturated heterocycles. The van der Waals surface area contributed by atoms with Crippen LogP contribution in [0, 0.1) is 0 Å². The molecule has 88 valence electrons. The van der Waals surface area contributed by atoms with Crippen LogP contribution in [0.5, 0.6) is 0 Å². The first-order valence-corrected chi connectivity index (χ1v) is 5.86. The molecule has 0 aliphatic carbocycles. The van der Waals surface area contributed by atoms with E-state index in [0.717, 1.165) is 31.0 Å². The predicted octanol–water partition coefficient (Wildman–Crippen LogP) is 1.04. The van der Waals surface area contributed by atoms with Crippen molar-refractivity contribution in [1.29, 1.82) is 0 Å². The Bertz CT molecular complexity index is 473. The number of rotatable bonds is 3. The molecule has 0 amide bonds. The van der Waals surface area contributed by atoms with Gasteiger partial charge < -0.3 is 10.6 Å². The lowest BCUT2D eigenvalue weighted by Gasteiger charge is -2.15. The molecule has 1 atom stereocenters. The molecule has 5 nitrogen and oxygen atoms in total. The van der Waals surface area contributed by atoms with Crippen LogP contribution in [0.3, 0.4) is 0 Å². The zero-order chi connectivity index (χ0) is 11.5. The molecule has 0 aromatic carbocycles. The minimum Gasteiger partial charge on any atom is -0.378 e. The minimum absolute atomic E-state index is 0.480. The molecule has 5 heteroatoms. The van der Waals surface area contributed by atoms with Gasteiger partial charge in [-0.3, -0.25) is 0 Å². The van der Waals surface area contributed by atoms with Crippen LogP contribution in [0.15, 0.2) is 36.8 Å². The highest BCUT2D eigenvalue weighted by molar-refractivity contribution is 5.56. The van der Waals surface area contributed by atoms with E-state index in [-0.39, 0.29) is 0 Å². The summed E-state index contributed by atoms with van der Waals surface area (Å²) in [6.45, 7) is 2.09. The Balaban J connectivity index is 1.88. The molecule has 2 aromatic rings. The summed E-state index contributed by atoms with van der Waals surface area (Å²) in [5.41, 5.74) is 1.03. The van der Waals surface area contributed by atoms with Crippen LogP contribution in [-0.4, -0.2) is 33.9 Å². The third kappa shape index (κ3) is 2.14. The molecular formula is C12H15N5. The number of aromatic nitrogens is 3. The van der Waals surface area contributed by atoms with Gasteiger partial charge in [0, 0.05) is 31.2 Å². The van der Waals surface area contributed by atoms with E-state index in [0.29, 0.717) is 6.04 Å². The number of hydrogen-bond donors (Lipinski definition) is 2. The molecule has 17 heavy (non-hydrogen) atoms. The van der Waals surface area contributed by atoms with Gasteiger partial charge in [-0.05, 0) is 31.2 Å². The second kappa shape index (κ2) is 4.55. The van der Waals surface area contributed by atoms with E-state index in [2.05, 4.69) is 20.7 Å². The van der Waals surface area contributed by atoms with Crippen molar-refractivity contribution in [2.75, 3.05) is 18.4 Å². The molecule has 0 bridgehead atoms. The van der Waals surface area contributed by atoms with E-state index in [1.165, 1.54) is 0 Å². The van der Waals surface area contributed by atoms with Gasteiger partial charge in [-0.1, -0.05) is 0 Å². The fourth-order valence-corrected chi connectivity index (χ4v) is 2.08. The quantitative estimate of drug-likeness (QED) is 0.825. The van der Waals surface area contributed by atoms with Crippen molar-refractivity contribution in [2.45, 2.75) is 12.5 Å². The average Bonchev–Trinajstić information content (AvgIpc) is 3.01. The van der Waals surface area contributed by atoms with Crippen LogP contribution in [0.1, 0.15) is 6.42 Å². The zero-order valence-corrected chi connectivity index (χ0v) is 9.50. The Hall–Kier alpha value is -1.88. The van der Waals surface area contributed by atoms with E-state index < -0.39 is 0 Å². The Kier molecular flexibility index (Phi) is 2.75. The highest BCUT2D eigenvalue weighted by Gasteiger charge is 2.16. The topological polar surface area (TPSA) is 54.8 Å². The van der Waals surface area contributed by atoms with Crippen LogP contribution in [-0.2, 0) is 0 Å². The van der Waals surface area contributed by atoms with Crippen molar-refractivity contribution in [1.82, 2.24) is 20.1 Å². The zero-order valence-electron chi connectivity index (χ0n) is 9.50. The molecule has 0 saturated carbocycles. The fourth-order valence-electron chi connectivity index (χ4n) is 2.08. The number of anilines is 1. The summed E-state index contributed by atoms with van der Waals surface area (Å²) < 4.78 is 1.78. The van der Waals surface area contributed by atoms with E-state index in [1.807, 2.05) is 24.4 Å². The van der Waals surface area contributed by atoms with E-state index in [4.69, 9.17) is 0 Å². The Morgan fingerprint density at radius 1 is 1.35 bits per heavy atom. The number of nitrogens with one attached hydrogen (secondary N) is 2. The first-order valence-electron chi connectivity index (χ1n) is 5.86. The van der Waals surface area contributed by atoms with Gasteiger partial charge in [0.2, 0.25) is 0 Å². The second-order valence-corrected chi connectivity index (χ2v) is 4.16. The molecule has 0 radical (unpaired) electrons. The summed E-state index contributed by atoms with van der Waals surface area (Å²) in [5.74, 6) is 0.851. The summed E-state index contributed by atoms with van der Waals surface area (Å²) in [7, 11) is 0. The maximum atomic E-state index is 4.38. The Morgan fingerprint density at radius 2 is 2.35 bits per heavy atom. The van der Waals surface area contributed by atoms with Crippen molar-refractivity contribution < 1.29 is 0 Å². The maximum absolute atomic E-state index is 4.38. The standard InChI is InChI=1S/C12H15N5/c1-3-11(16-10-4-7-13-9-10)12(14-5-1)17-8-2-6-15-17/h1-3,5-6,8,10,13,16H,4,7,9H2. The van der Waals surface area contributed by atoms with Gasteiger partial charge in [0.05, 0.1) is 5.69 Å². The molecule has 1 fully saturated rings. The van der Waals surface area contributed by atoms with Crippen LogP contribution in [0.4, 0.5) is 5.69 Å². The second-order valence-electron chi connectivity index (χ2n) is 4.16. The summed E-state index contributed by atoms with van der Waals surface area (Å²) in [6, 6.07) is 6.36. The van der Waals surface area contributed by atoms with Gasteiger partial charge in [-0.15, -0.1) is 0 Å². The third-order valence-corrected chi connectivity index (χ3v) is 2.93. The molecule has 1 unspecified atom stereocenters. The molecule has 0 spiro atoms. The van der Waals surface area contributed by atoms with Gasteiger partial charge in [-0.2, -0.15) is 5.10 Å². The van der Waals surface area contributed by atoms with E-state index >= 15 is 0 Å². The van der Waals surface area contributed by atoms with E-state index in [9.17, 15) is 0 Å². The normalized spacial score (nSPS) is 19.4. The smallest absolute Gasteiger partial charge is 0.176 e. The van der Waals surface area contributed by atoms with Gasteiger partial charge in [0.15, 0.2) is 5.82 Å². The number of hydrogen-bond acceptors (Lipinski definition) is 4. The predicted molar refractivity (Wildman–Crippen MR) is 66.3 cm³/mol. The molecule has 1 aliphatic rings. The SMILES string of the molecule is c1cnc(-n2cccn2)c(NC2CCNC2)c1. The summed E-state index contributed by atoms with van der Waals surface area (Å²) in [5, 5.41) is 11.1. The summed E-state index contributed by atoms with van der Waals surface area (Å²) >= 11 is 0. The van der Waals surface area contributed by atoms with Crippen molar-refractivity contribution >= 4 is 5.69 Å². The monoisotopic (exact) mass is 229 g/mol. The van der Waals surface area contributed by atoms with Crippen LogP contribution < -0.4 is 10.6 Å². The van der Waals surface area contributed by atoms with Crippen molar-refractivity contribution in [3.63, 3.8) is 0 Å². The molecule has 1 aliphatic heterocycles. The van der Waals surface area contributed by atoms with Crippen molar-refractivity contribution in [2.24, 2.45) is 0 Å². The highest BCUT2D eigenvalue weighted by atomic mass is 15.3. The Morgan fingerprint density at radius 3 is 3.12 bits per heavy atom. The van der Waals surface area contributed by atoms with Gasteiger partial charge in [0.1, 0.15) is 0 Å². The maximum Gasteiger partial charge on any atom is 0.176 e. The largest absolute Gasteiger partial charge is 0.378 e. The third-order valence-electron chi connectivity index (χ3n) is 2.93.